The minimum atomic E-state index is 0.0422. The monoisotopic (exact) mass is 337 g/mol. The van der Waals surface area contributed by atoms with E-state index in [1.807, 2.05) is 24.1 Å². The molecule has 7 nitrogen and oxygen atoms in total. The van der Waals surface area contributed by atoms with Crippen molar-refractivity contribution in [2.24, 2.45) is 12.0 Å². The SMILES string of the molecule is CCNC(=NCCCOC(C)C)N1CCOC(c2cnn(C)c2)C1. The van der Waals surface area contributed by atoms with E-state index in [0.29, 0.717) is 6.61 Å². The average Bonchev–Trinajstić information content (AvgIpc) is 3.00. The van der Waals surface area contributed by atoms with Crippen molar-refractivity contribution in [2.45, 2.75) is 39.4 Å². The molecular weight excluding hydrogens is 306 g/mol. The number of morpholine rings is 1. The summed E-state index contributed by atoms with van der Waals surface area (Å²) in [7, 11) is 1.93. The first-order valence-corrected chi connectivity index (χ1v) is 8.85. The molecule has 0 saturated carbocycles. The Morgan fingerprint density at radius 1 is 1.54 bits per heavy atom. The maximum atomic E-state index is 5.91. The quantitative estimate of drug-likeness (QED) is 0.465. The minimum absolute atomic E-state index is 0.0422. The van der Waals surface area contributed by atoms with Crippen molar-refractivity contribution >= 4 is 5.96 Å². The van der Waals surface area contributed by atoms with E-state index in [1.165, 1.54) is 0 Å². The van der Waals surface area contributed by atoms with Gasteiger partial charge in [0.1, 0.15) is 6.10 Å². The van der Waals surface area contributed by atoms with Gasteiger partial charge in [-0.15, -0.1) is 0 Å². The minimum Gasteiger partial charge on any atom is -0.379 e. The molecular formula is C17H31N5O2. The standard InChI is InChI=1S/C17H31N5O2/c1-5-18-17(19-7-6-9-23-14(2)3)22-8-10-24-16(13-22)15-11-20-21(4)12-15/h11-12,14,16H,5-10,13H2,1-4H3,(H,18,19). The lowest BCUT2D eigenvalue weighted by Crippen LogP contribution is -2.48. The van der Waals surface area contributed by atoms with E-state index in [-0.39, 0.29) is 12.2 Å². The van der Waals surface area contributed by atoms with E-state index in [2.05, 4.69) is 36.1 Å². The van der Waals surface area contributed by atoms with Crippen LogP contribution >= 0.6 is 0 Å². The van der Waals surface area contributed by atoms with Gasteiger partial charge in [-0.1, -0.05) is 0 Å². The van der Waals surface area contributed by atoms with Crippen molar-refractivity contribution in [2.75, 3.05) is 39.4 Å². The van der Waals surface area contributed by atoms with Crippen molar-refractivity contribution in [1.29, 1.82) is 0 Å². The molecule has 2 heterocycles. The van der Waals surface area contributed by atoms with Crippen LogP contribution < -0.4 is 5.32 Å². The lowest BCUT2D eigenvalue weighted by Gasteiger charge is -2.34. The van der Waals surface area contributed by atoms with Gasteiger partial charge in [0.25, 0.3) is 0 Å². The van der Waals surface area contributed by atoms with Crippen molar-refractivity contribution in [3.63, 3.8) is 0 Å². The Morgan fingerprint density at radius 3 is 3.04 bits per heavy atom. The molecule has 1 saturated heterocycles. The molecule has 1 aliphatic rings. The number of rotatable bonds is 7. The lowest BCUT2D eigenvalue weighted by molar-refractivity contribution is -0.00806. The van der Waals surface area contributed by atoms with Crippen LogP contribution in [0.25, 0.3) is 0 Å². The molecule has 1 aliphatic heterocycles. The van der Waals surface area contributed by atoms with Gasteiger partial charge in [0.2, 0.25) is 0 Å². The normalized spacial score (nSPS) is 19.1. The summed E-state index contributed by atoms with van der Waals surface area (Å²) in [4.78, 5) is 7.01. The van der Waals surface area contributed by atoms with Gasteiger partial charge in [-0.05, 0) is 27.2 Å². The third-order valence-corrected chi connectivity index (χ3v) is 3.81. The van der Waals surface area contributed by atoms with Crippen LogP contribution in [0.15, 0.2) is 17.4 Å². The lowest BCUT2D eigenvalue weighted by atomic mass is 10.1. The smallest absolute Gasteiger partial charge is 0.194 e. The zero-order chi connectivity index (χ0) is 17.4. The topological polar surface area (TPSA) is 63.9 Å². The second kappa shape index (κ2) is 9.64. The highest BCUT2D eigenvalue weighted by molar-refractivity contribution is 5.80. The number of hydrogen-bond donors (Lipinski definition) is 1. The number of ether oxygens (including phenoxy) is 2. The van der Waals surface area contributed by atoms with Crippen LogP contribution in [0.2, 0.25) is 0 Å². The van der Waals surface area contributed by atoms with Crippen LogP contribution in [0.5, 0.6) is 0 Å². The fraction of sp³-hybridized carbons (Fsp3) is 0.765. The molecule has 0 bridgehead atoms. The highest BCUT2D eigenvalue weighted by Crippen LogP contribution is 2.21. The molecule has 1 aromatic rings. The van der Waals surface area contributed by atoms with Gasteiger partial charge in [-0.2, -0.15) is 5.10 Å². The summed E-state index contributed by atoms with van der Waals surface area (Å²) in [5.41, 5.74) is 1.11. The number of aliphatic imine (C=N–C) groups is 1. The molecule has 0 amide bonds. The summed E-state index contributed by atoms with van der Waals surface area (Å²) in [5.74, 6) is 0.958. The van der Waals surface area contributed by atoms with Crippen molar-refractivity contribution < 1.29 is 9.47 Å². The summed E-state index contributed by atoms with van der Waals surface area (Å²) in [6, 6.07) is 0. The van der Waals surface area contributed by atoms with Crippen molar-refractivity contribution in [3.05, 3.63) is 18.0 Å². The maximum absolute atomic E-state index is 5.91. The fourth-order valence-electron chi connectivity index (χ4n) is 2.64. The van der Waals surface area contributed by atoms with Crippen LogP contribution in [0.4, 0.5) is 0 Å². The van der Waals surface area contributed by atoms with E-state index < -0.39 is 0 Å². The summed E-state index contributed by atoms with van der Waals surface area (Å²) in [6.45, 7) is 10.9. The van der Waals surface area contributed by atoms with Crippen LogP contribution in [-0.2, 0) is 16.5 Å². The highest BCUT2D eigenvalue weighted by atomic mass is 16.5. The number of nitrogens with one attached hydrogen (secondary N) is 1. The fourth-order valence-corrected chi connectivity index (χ4v) is 2.64. The van der Waals surface area contributed by atoms with E-state index in [0.717, 1.165) is 50.7 Å². The van der Waals surface area contributed by atoms with E-state index in [9.17, 15) is 0 Å². The molecule has 0 radical (unpaired) electrons. The molecule has 136 valence electrons. The third kappa shape index (κ3) is 5.79. The highest BCUT2D eigenvalue weighted by Gasteiger charge is 2.25. The van der Waals surface area contributed by atoms with Gasteiger partial charge < -0.3 is 19.7 Å². The summed E-state index contributed by atoms with van der Waals surface area (Å²) in [6.07, 6.45) is 5.15. The van der Waals surface area contributed by atoms with Crippen LogP contribution in [0.3, 0.4) is 0 Å². The Balaban J connectivity index is 1.91. The first-order chi connectivity index (χ1) is 11.6. The number of nitrogens with zero attached hydrogens (tertiary/aromatic N) is 4. The van der Waals surface area contributed by atoms with E-state index in [1.54, 1.807) is 0 Å². The first-order valence-electron chi connectivity index (χ1n) is 8.85. The number of aromatic nitrogens is 2. The van der Waals surface area contributed by atoms with Gasteiger partial charge in [-0.25, -0.2) is 0 Å². The largest absolute Gasteiger partial charge is 0.379 e. The Bertz CT molecular complexity index is 515. The molecule has 7 heteroatoms. The third-order valence-electron chi connectivity index (χ3n) is 3.81. The molecule has 1 atom stereocenters. The van der Waals surface area contributed by atoms with Gasteiger partial charge in [0.15, 0.2) is 5.96 Å². The molecule has 1 aromatic heterocycles. The van der Waals surface area contributed by atoms with Gasteiger partial charge >= 0.3 is 0 Å². The Kier molecular flexibility index (Phi) is 7.52. The molecule has 0 aliphatic carbocycles. The van der Waals surface area contributed by atoms with Gasteiger partial charge in [0, 0.05) is 45.0 Å². The zero-order valence-electron chi connectivity index (χ0n) is 15.4. The second-order valence-corrected chi connectivity index (χ2v) is 6.26. The van der Waals surface area contributed by atoms with Crippen molar-refractivity contribution in [1.82, 2.24) is 20.0 Å². The van der Waals surface area contributed by atoms with Crippen LogP contribution in [0, 0.1) is 0 Å². The predicted octanol–water partition coefficient (Wildman–Crippen LogP) is 1.57. The summed E-state index contributed by atoms with van der Waals surface area (Å²) in [5, 5.41) is 7.63. The molecule has 0 aromatic carbocycles. The predicted molar refractivity (Wildman–Crippen MR) is 95.2 cm³/mol. The molecule has 2 rings (SSSR count). The average molecular weight is 337 g/mol. The zero-order valence-corrected chi connectivity index (χ0v) is 15.4. The van der Waals surface area contributed by atoms with Crippen molar-refractivity contribution in [3.8, 4) is 0 Å². The number of hydrogen-bond acceptors (Lipinski definition) is 4. The Hall–Kier alpha value is -1.60. The molecule has 1 N–H and O–H groups in total. The molecule has 1 unspecified atom stereocenters. The number of aryl methyl sites for hydroxylation is 1. The Labute approximate surface area is 145 Å². The second-order valence-electron chi connectivity index (χ2n) is 6.26. The summed E-state index contributed by atoms with van der Waals surface area (Å²) < 4.78 is 13.3. The molecule has 1 fully saturated rings. The van der Waals surface area contributed by atoms with E-state index in [4.69, 9.17) is 14.5 Å². The van der Waals surface area contributed by atoms with E-state index >= 15 is 0 Å². The van der Waals surface area contributed by atoms with Gasteiger partial charge in [0.05, 0.1) is 25.5 Å². The Morgan fingerprint density at radius 2 is 2.38 bits per heavy atom. The molecule has 0 spiro atoms. The van der Waals surface area contributed by atoms with Crippen LogP contribution in [0.1, 0.15) is 38.9 Å². The number of guanidine groups is 1. The van der Waals surface area contributed by atoms with Crippen LogP contribution in [-0.4, -0.2) is 66.1 Å². The summed E-state index contributed by atoms with van der Waals surface area (Å²) >= 11 is 0. The first kappa shape index (κ1) is 18.7. The molecule has 24 heavy (non-hydrogen) atoms. The van der Waals surface area contributed by atoms with Gasteiger partial charge in [-0.3, -0.25) is 9.67 Å². The maximum Gasteiger partial charge on any atom is 0.194 e.